The van der Waals surface area contributed by atoms with E-state index in [0.717, 1.165) is 28.6 Å². The first kappa shape index (κ1) is 17.2. The summed E-state index contributed by atoms with van der Waals surface area (Å²) in [5, 5.41) is 6.47. The Hall–Kier alpha value is -3.21. The van der Waals surface area contributed by atoms with Gasteiger partial charge in [0.25, 0.3) is 5.91 Å². The zero-order chi connectivity index (χ0) is 18.8. The second-order valence-electron chi connectivity index (χ2n) is 6.90. The minimum atomic E-state index is -0.485. The van der Waals surface area contributed by atoms with E-state index in [1.165, 1.54) is 5.56 Å². The minimum Gasteiger partial charge on any atom is -0.354 e. The lowest BCUT2D eigenvalue weighted by molar-refractivity contribution is -0.124. The second-order valence-corrected chi connectivity index (χ2v) is 6.90. The maximum atomic E-state index is 13.0. The number of fused-ring (bicyclic) bond motifs is 1. The number of hydrogen-bond acceptors (Lipinski definition) is 3. The summed E-state index contributed by atoms with van der Waals surface area (Å²) in [4.78, 5) is 29.7. The Morgan fingerprint density at radius 2 is 1.93 bits per heavy atom. The monoisotopic (exact) mass is 359 g/mol. The number of rotatable bonds is 3. The molecule has 4 rings (SSSR count). The zero-order valence-corrected chi connectivity index (χ0v) is 15.2. The van der Waals surface area contributed by atoms with Crippen molar-refractivity contribution < 1.29 is 9.59 Å². The Labute approximate surface area is 157 Å². The molecule has 0 radical (unpaired) electrons. The number of benzene rings is 2. The molecule has 2 amide bonds. The molecule has 136 valence electrons. The van der Waals surface area contributed by atoms with Gasteiger partial charge in [0.05, 0.1) is 16.8 Å². The lowest BCUT2D eigenvalue weighted by atomic mass is 10.0. The number of nitrogens with one attached hydrogen (secondary N) is 2. The van der Waals surface area contributed by atoms with E-state index in [9.17, 15) is 9.59 Å². The van der Waals surface area contributed by atoms with Crippen LogP contribution in [-0.4, -0.2) is 29.4 Å². The summed E-state index contributed by atoms with van der Waals surface area (Å²) >= 11 is 0. The number of carbonyl (C=O) groups excluding carboxylic acids is 2. The van der Waals surface area contributed by atoms with E-state index in [2.05, 4.69) is 10.6 Å². The molecule has 1 aromatic heterocycles. The van der Waals surface area contributed by atoms with Crippen molar-refractivity contribution in [1.29, 1.82) is 0 Å². The molecular weight excluding hydrogens is 338 g/mol. The quantitative estimate of drug-likeness (QED) is 0.754. The van der Waals surface area contributed by atoms with Gasteiger partial charge in [-0.1, -0.05) is 48.0 Å². The Bertz CT molecular complexity index is 1010. The number of amides is 2. The van der Waals surface area contributed by atoms with Crippen molar-refractivity contribution in [2.45, 2.75) is 25.8 Å². The summed E-state index contributed by atoms with van der Waals surface area (Å²) in [7, 11) is 0. The van der Waals surface area contributed by atoms with E-state index in [0.29, 0.717) is 18.5 Å². The van der Waals surface area contributed by atoms with Crippen LogP contribution in [0.2, 0.25) is 0 Å². The van der Waals surface area contributed by atoms with E-state index >= 15 is 0 Å². The number of aromatic nitrogens is 1. The van der Waals surface area contributed by atoms with Crippen LogP contribution in [0, 0.1) is 6.92 Å². The molecule has 2 N–H and O–H groups in total. The third kappa shape index (κ3) is 3.53. The number of hydrogen-bond donors (Lipinski definition) is 2. The Morgan fingerprint density at radius 3 is 2.70 bits per heavy atom. The van der Waals surface area contributed by atoms with Crippen molar-refractivity contribution in [1.82, 2.24) is 15.6 Å². The molecule has 1 atom stereocenters. The number of aryl methyl sites for hydroxylation is 1. The van der Waals surface area contributed by atoms with Gasteiger partial charge in [-0.15, -0.1) is 0 Å². The second kappa shape index (κ2) is 7.19. The van der Waals surface area contributed by atoms with Crippen LogP contribution in [0.4, 0.5) is 0 Å². The molecule has 5 heteroatoms. The zero-order valence-electron chi connectivity index (χ0n) is 15.2. The van der Waals surface area contributed by atoms with Gasteiger partial charge >= 0.3 is 0 Å². The van der Waals surface area contributed by atoms with Crippen LogP contribution >= 0.6 is 0 Å². The molecule has 2 aromatic carbocycles. The third-order valence-corrected chi connectivity index (χ3v) is 4.90. The maximum Gasteiger partial charge on any atom is 0.252 e. The van der Waals surface area contributed by atoms with Crippen LogP contribution in [0.1, 0.15) is 28.8 Å². The molecule has 1 fully saturated rings. The molecule has 0 saturated carbocycles. The van der Waals surface area contributed by atoms with Gasteiger partial charge in [0.2, 0.25) is 5.91 Å². The fraction of sp³-hybridized carbons (Fsp3) is 0.227. The van der Waals surface area contributed by atoms with Crippen molar-refractivity contribution >= 4 is 22.7 Å². The standard InChI is InChI=1S/C22H21N3O2/c1-14-8-10-15(11-9-14)20-13-17(16-5-2-3-6-18(16)24-20)21(26)25-19-7-4-12-23-22(19)27/h2-3,5-6,8-11,13,19H,4,7,12H2,1H3,(H,23,27)(H,25,26)/t19-/m1/s1. The topological polar surface area (TPSA) is 71.1 Å². The van der Waals surface area contributed by atoms with Gasteiger partial charge in [0.1, 0.15) is 6.04 Å². The average molecular weight is 359 g/mol. The molecule has 0 aliphatic carbocycles. The lowest BCUT2D eigenvalue weighted by Gasteiger charge is -2.23. The molecule has 0 spiro atoms. The predicted molar refractivity (Wildman–Crippen MR) is 105 cm³/mol. The predicted octanol–water partition coefficient (Wildman–Crippen LogP) is 3.22. The number of pyridine rings is 1. The van der Waals surface area contributed by atoms with Gasteiger partial charge in [-0.3, -0.25) is 9.59 Å². The molecule has 5 nitrogen and oxygen atoms in total. The summed E-state index contributed by atoms with van der Waals surface area (Å²) in [6.45, 7) is 2.70. The van der Waals surface area contributed by atoms with Crippen LogP contribution in [0.5, 0.6) is 0 Å². The van der Waals surface area contributed by atoms with Crippen molar-refractivity contribution in [2.24, 2.45) is 0 Å². The van der Waals surface area contributed by atoms with Crippen LogP contribution < -0.4 is 10.6 Å². The molecule has 27 heavy (non-hydrogen) atoms. The normalized spacial score (nSPS) is 16.8. The van der Waals surface area contributed by atoms with Gasteiger partial charge in [0.15, 0.2) is 0 Å². The highest BCUT2D eigenvalue weighted by Crippen LogP contribution is 2.25. The van der Waals surface area contributed by atoms with E-state index in [1.54, 1.807) is 0 Å². The molecule has 2 heterocycles. The summed E-state index contributed by atoms with van der Waals surface area (Å²) in [6, 6.07) is 17.0. The Balaban J connectivity index is 1.75. The number of para-hydroxylation sites is 1. The van der Waals surface area contributed by atoms with Crippen LogP contribution in [0.25, 0.3) is 22.2 Å². The van der Waals surface area contributed by atoms with Crippen LogP contribution in [0.3, 0.4) is 0 Å². The Morgan fingerprint density at radius 1 is 1.15 bits per heavy atom. The van der Waals surface area contributed by atoms with Crippen molar-refractivity contribution in [3.05, 3.63) is 65.7 Å². The number of piperidine rings is 1. The van der Waals surface area contributed by atoms with E-state index in [-0.39, 0.29) is 11.8 Å². The Kier molecular flexibility index (Phi) is 4.59. The lowest BCUT2D eigenvalue weighted by Crippen LogP contribution is -2.50. The summed E-state index contributed by atoms with van der Waals surface area (Å²) in [5.74, 6) is -0.365. The third-order valence-electron chi connectivity index (χ3n) is 4.90. The minimum absolute atomic E-state index is 0.119. The van der Waals surface area contributed by atoms with Gasteiger partial charge in [-0.2, -0.15) is 0 Å². The van der Waals surface area contributed by atoms with Crippen molar-refractivity contribution in [3.8, 4) is 11.3 Å². The van der Waals surface area contributed by atoms with Gasteiger partial charge in [-0.25, -0.2) is 4.98 Å². The first-order valence-corrected chi connectivity index (χ1v) is 9.17. The fourth-order valence-corrected chi connectivity index (χ4v) is 3.38. The summed E-state index contributed by atoms with van der Waals surface area (Å²) in [6.07, 6.45) is 1.52. The first-order chi connectivity index (χ1) is 13.1. The highest BCUT2D eigenvalue weighted by Gasteiger charge is 2.25. The van der Waals surface area contributed by atoms with E-state index in [1.807, 2.05) is 61.5 Å². The summed E-state index contributed by atoms with van der Waals surface area (Å²) < 4.78 is 0. The molecular formula is C22H21N3O2. The number of nitrogens with zero attached hydrogens (tertiary/aromatic N) is 1. The van der Waals surface area contributed by atoms with Crippen molar-refractivity contribution in [2.75, 3.05) is 6.54 Å². The molecule has 1 aliphatic heterocycles. The largest absolute Gasteiger partial charge is 0.354 e. The SMILES string of the molecule is Cc1ccc(-c2cc(C(=O)N[C@@H]3CCCNC3=O)c3ccccc3n2)cc1. The summed E-state index contributed by atoms with van der Waals surface area (Å²) in [5.41, 5.74) is 4.16. The smallest absolute Gasteiger partial charge is 0.252 e. The fourth-order valence-electron chi connectivity index (χ4n) is 3.38. The van der Waals surface area contributed by atoms with Crippen LogP contribution in [-0.2, 0) is 4.79 Å². The van der Waals surface area contributed by atoms with Gasteiger partial charge in [-0.05, 0) is 31.9 Å². The van der Waals surface area contributed by atoms with Gasteiger partial charge in [0, 0.05) is 17.5 Å². The van der Waals surface area contributed by atoms with E-state index in [4.69, 9.17) is 4.98 Å². The molecule has 1 saturated heterocycles. The molecule has 3 aromatic rings. The van der Waals surface area contributed by atoms with E-state index < -0.39 is 6.04 Å². The number of carbonyl (C=O) groups is 2. The highest BCUT2D eigenvalue weighted by molar-refractivity contribution is 6.08. The molecule has 0 bridgehead atoms. The maximum absolute atomic E-state index is 13.0. The van der Waals surface area contributed by atoms with Gasteiger partial charge < -0.3 is 10.6 Å². The molecule has 0 unspecified atom stereocenters. The first-order valence-electron chi connectivity index (χ1n) is 9.17. The average Bonchev–Trinajstić information content (AvgIpc) is 2.69. The van der Waals surface area contributed by atoms with Crippen LogP contribution in [0.15, 0.2) is 54.6 Å². The molecule has 1 aliphatic rings. The highest BCUT2D eigenvalue weighted by atomic mass is 16.2. The van der Waals surface area contributed by atoms with Crippen molar-refractivity contribution in [3.63, 3.8) is 0 Å².